The Hall–Kier alpha value is -1.93. The highest BCUT2D eigenvalue weighted by molar-refractivity contribution is 7.89. The maximum Gasteiger partial charge on any atom is 0.228 e. The molecule has 0 spiro atoms. The second-order valence-corrected chi connectivity index (χ2v) is 10.5. The van der Waals surface area contributed by atoms with Crippen LogP contribution in [0.4, 0.5) is 0 Å². The molecule has 3 rings (SSSR count). The van der Waals surface area contributed by atoms with Gasteiger partial charge in [0.05, 0.1) is 17.2 Å². The molecule has 1 aromatic carbocycles. The number of rotatable bonds is 4. The molecule has 0 bridgehead atoms. The Morgan fingerprint density at radius 3 is 2.18 bits per heavy atom. The SMILES string of the molecule is Cc1ccc(C2C(C(=O)N3CCN(S(=O)(=O)C(C)C)CC3)CC(=O)N2C)cc1. The van der Waals surface area contributed by atoms with E-state index >= 15 is 0 Å². The first-order valence-corrected chi connectivity index (χ1v) is 11.2. The smallest absolute Gasteiger partial charge is 0.228 e. The molecular weight excluding hydrogens is 378 g/mol. The average Bonchev–Trinajstić information content (AvgIpc) is 2.96. The van der Waals surface area contributed by atoms with E-state index < -0.39 is 21.2 Å². The number of likely N-dealkylation sites (tertiary alicyclic amines) is 1. The molecular formula is C20H29N3O4S. The Morgan fingerprint density at radius 2 is 1.64 bits per heavy atom. The maximum atomic E-state index is 13.2. The molecule has 2 unspecified atom stereocenters. The van der Waals surface area contributed by atoms with Crippen LogP contribution in [0.5, 0.6) is 0 Å². The van der Waals surface area contributed by atoms with Gasteiger partial charge >= 0.3 is 0 Å². The fourth-order valence-electron chi connectivity index (χ4n) is 4.01. The van der Waals surface area contributed by atoms with E-state index in [4.69, 9.17) is 0 Å². The van der Waals surface area contributed by atoms with Crippen molar-refractivity contribution < 1.29 is 18.0 Å². The highest BCUT2D eigenvalue weighted by Gasteiger charge is 2.45. The minimum atomic E-state index is -3.31. The minimum Gasteiger partial charge on any atom is -0.340 e. The predicted molar refractivity (Wildman–Crippen MR) is 107 cm³/mol. The van der Waals surface area contributed by atoms with E-state index in [0.29, 0.717) is 26.2 Å². The van der Waals surface area contributed by atoms with Crippen LogP contribution in [-0.4, -0.2) is 72.8 Å². The molecule has 2 saturated heterocycles. The Kier molecular flexibility index (Phi) is 5.82. The molecule has 0 aromatic heterocycles. The number of hydrogen-bond acceptors (Lipinski definition) is 4. The first kappa shape index (κ1) is 20.8. The number of hydrogen-bond donors (Lipinski definition) is 0. The van der Waals surface area contributed by atoms with Gasteiger partial charge in [0, 0.05) is 39.6 Å². The molecule has 0 radical (unpaired) electrons. The number of carbonyl (C=O) groups is 2. The number of piperazine rings is 1. The number of carbonyl (C=O) groups excluding carboxylic acids is 2. The number of nitrogens with zero attached hydrogens (tertiary/aromatic N) is 3. The molecule has 0 aliphatic carbocycles. The van der Waals surface area contributed by atoms with Crippen molar-refractivity contribution in [1.29, 1.82) is 0 Å². The second kappa shape index (κ2) is 7.83. The Labute approximate surface area is 167 Å². The summed E-state index contributed by atoms with van der Waals surface area (Å²) in [6.07, 6.45) is 0.193. The van der Waals surface area contributed by atoms with E-state index in [2.05, 4.69) is 0 Å². The lowest BCUT2D eigenvalue weighted by Crippen LogP contribution is -2.53. The third-order valence-electron chi connectivity index (χ3n) is 5.83. The Morgan fingerprint density at radius 1 is 1.07 bits per heavy atom. The van der Waals surface area contributed by atoms with Crippen LogP contribution < -0.4 is 0 Å². The van der Waals surface area contributed by atoms with Gasteiger partial charge in [0.1, 0.15) is 0 Å². The first-order valence-electron chi connectivity index (χ1n) is 9.73. The van der Waals surface area contributed by atoms with Crippen LogP contribution in [-0.2, 0) is 19.6 Å². The van der Waals surface area contributed by atoms with Crippen LogP contribution in [0.3, 0.4) is 0 Å². The average molecular weight is 408 g/mol. The van der Waals surface area contributed by atoms with Gasteiger partial charge in [0.15, 0.2) is 0 Å². The van der Waals surface area contributed by atoms with Crippen molar-refractivity contribution in [3.8, 4) is 0 Å². The topological polar surface area (TPSA) is 78.0 Å². The largest absolute Gasteiger partial charge is 0.340 e. The van der Waals surface area contributed by atoms with Crippen LogP contribution in [0, 0.1) is 12.8 Å². The molecule has 2 aliphatic rings. The molecule has 2 aliphatic heterocycles. The molecule has 2 heterocycles. The third kappa shape index (κ3) is 3.80. The van der Waals surface area contributed by atoms with Gasteiger partial charge in [-0.1, -0.05) is 29.8 Å². The van der Waals surface area contributed by atoms with Crippen molar-refractivity contribution in [3.63, 3.8) is 0 Å². The normalized spacial score (nSPS) is 24.2. The summed E-state index contributed by atoms with van der Waals surface area (Å²) >= 11 is 0. The first-order chi connectivity index (χ1) is 13.1. The van der Waals surface area contributed by atoms with Gasteiger partial charge in [-0.05, 0) is 26.3 Å². The molecule has 8 heteroatoms. The summed E-state index contributed by atoms with van der Waals surface area (Å²) in [6.45, 7) is 6.66. The molecule has 0 saturated carbocycles. The molecule has 28 heavy (non-hydrogen) atoms. The van der Waals surface area contributed by atoms with E-state index in [1.54, 1.807) is 30.7 Å². The lowest BCUT2D eigenvalue weighted by molar-refractivity contribution is -0.137. The number of benzene rings is 1. The van der Waals surface area contributed by atoms with Gasteiger partial charge in [-0.2, -0.15) is 4.31 Å². The van der Waals surface area contributed by atoms with E-state index in [1.807, 2.05) is 31.2 Å². The van der Waals surface area contributed by atoms with Gasteiger partial charge in [0.25, 0.3) is 0 Å². The van der Waals surface area contributed by atoms with Crippen LogP contribution >= 0.6 is 0 Å². The van der Waals surface area contributed by atoms with Crippen molar-refractivity contribution in [2.24, 2.45) is 5.92 Å². The molecule has 2 atom stereocenters. The molecule has 2 fully saturated rings. The van der Waals surface area contributed by atoms with Crippen LogP contribution in [0.2, 0.25) is 0 Å². The van der Waals surface area contributed by atoms with Crippen molar-refractivity contribution in [2.75, 3.05) is 33.2 Å². The fourth-order valence-corrected chi connectivity index (χ4v) is 5.27. The summed E-state index contributed by atoms with van der Waals surface area (Å²) in [5.74, 6) is -0.539. The summed E-state index contributed by atoms with van der Waals surface area (Å²) < 4.78 is 26.1. The summed E-state index contributed by atoms with van der Waals surface area (Å²) in [5, 5.41) is -0.471. The van der Waals surface area contributed by atoms with Crippen molar-refractivity contribution >= 4 is 21.8 Å². The van der Waals surface area contributed by atoms with Gasteiger partial charge in [-0.25, -0.2) is 8.42 Å². The quantitative estimate of drug-likeness (QED) is 0.756. The zero-order valence-corrected chi connectivity index (χ0v) is 17.8. The fraction of sp³-hybridized carbons (Fsp3) is 0.600. The lowest BCUT2D eigenvalue weighted by Gasteiger charge is -2.37. The summed E-state index contributed by atoms with van der Waals surface area (Å²) in [7, 11) is -1.57. The summed E-state index contributed by atoms with van der Waals surface area (Å²) in [6, 6.07) is 7.65. The van der Waals surface area contributed by atoms with Crippen molar-refractivity contribution in [1.82, 2.24) is 14.1 Å². The predicted octanol–water partition coefficient (Wildman–Crippen LogP) is 1.40. The molecule has 2 amide bonds. The highest BCUT2D eigenvalue weighted by Crippen LogP contribution is 2.38. The second-order valence-electron chi connectivity index (χ2n) is 7.99. The minimum absolute atomic E-state index is 0.0371. The van der Waals surface area contributed by atoms with Gasteiger partial charge < -0.3 is 9.80 Å². The molecule has 7 nitrogen and oxygen atoms in total. The van der Waals surface area contributed by atoms with Gasteiger partial charge in [-0.15, -0.1) is 0 Å². The van der Waals surface area contributed by atoms with E-state index in [9.17, 15) is 18.0 Å². The third-order valence-corrected chi connectivity index (χ3v) is 8.10. The Balaban J connectivity index is 1.74. The number of amides is 2. The standard InChI is InChI=1S/C20H29N3O4S/c1-14(2)28(26,27)23-11-9-22(10-12-23)20(25)17-13-18(24)21(4)19(17)16-7-5-15(3)6-8-16/h5-8,14,17,19H,9-13H2,1-4H3. The van der Waals surface area contributed by atoms with E-state index in [0.717, 1.165) is 11.1 Å². The zero-order valence-electron chi connectivity index (χ0n) is 17.0. The van der Waals surface area contributed by atoms with Crippen molar-refractivity contribution in [2.45, 2.75) is 38.5 Å². The van der Waals surface area contributed by atoms with E-state index in [-0.39, 0.29) is 24.3 Å². The molecule has 1 aromatic rings. The Bertz CT molecular complexity index is 843. The monoisotopic (exact) mass is 407 g/mol. The van der Waals surface area contributed by atoms with Crippen LogP contribution in [0.15, 0.2) is 24.3 Å². The maximum absolute atomic E-state index is 13.2. The lowest BCUT2D eigenvalue weighted by atomic mass is 9.91. The van der Waals surface area contributed by atoms with Crippen molar-refractivity contribution in [3.05, 3.63) is 35.4 Å². The van der Waals surface area contributed by atoms with Gasteiger partial charge in [0.2, 0.25) is 21.8 Å². The summed E-state index contributed by atoms with van der Waals surface area (Å²) in [5.41, 5.74) is 2.08. The summed E-state index contributed by atoms with van der Waals surface area (Å²) in [4.78, 5) is 28.9. The molecule has 0 N–H and O–H groups in total. The zero-order chi connectivity index (χ0) is 20.6. The number of aryl methyl sites for hydroxylation is 1. The van der Waals surface area contributed by atoms with Crippen LogP contribution in [0.1, 0.15) is 37.4 Å². The van der Waals surface area contributed by atoms with Crippen LogP contribution in [0.25, 0.3) is 0 Å². The number of sulfonamides is 1. The molecule has 154 valence electrons. The highest BCUT2D eigenvalue weighted by atomic mass is 32.2. The van der Waals surface area contributed by atoms with Gasteiger partial charge in [-0.3, -0.25) is 9.59 Å². The van der Waals surface area contributed by atoms with E-state index in [1.165, 1.54) is 4.31 Å².